The minimum Gasteiger partial charge on any atom is -0.385 e. The topological polar surface area (TPSA) is 118 Å². The van der Waals surface area contributed by atoms with Gasteiger partial charge in [-0.15, -0.1) is 0 Å². The van der Waals surface area contributed by atoms with Crippen LogP contribution in [0, 0.1) is 0 Å². The summed E-state index contributed by atoms with van der Waals surface area (Å²) in [6.45, 7) is 0. The lowest BCUT2D eigenvalue weighted by Crippen LogP contribution is -2.34. The maximum Gasteiger partial charge on any atom is 0.249 e. The first-order valence-corrected chi connectivity index (χ1v) is 7.19. The van der Waals surface area contributed by atoms with Gasteiger partial charge in [0.2, 0.25) is 5.91 Å². The third kappa shape index (κ3) is 3.80. The van der Waals surface area contributed by atoms with Gasteiger partial charge in [0, 0.05) is 6.26 Å². The van der Waals surface area contributed by atoms with Gasteiger partial charge < -0.3 is 15.9 Å². The van der Waals surface area contributed by atoms with Crippen LogP contribution >= 0.6 is 0 Å². The van der Waals surface area contributed by atoms with Crippen LogP contribution in [0.5, 0.6) is 0 Å². The van der Waals surface area contributed by atoms with Crippen molar-refractivity contribution in [1.82, 2.24) is 0 Å². The molecule has 1 aromatic carbocycles. The summed E-state index contributed by atoms with van der Waals surface area (Å²) < 4.78 is 22.5. The number of aliphatic hydroxyl groups excluding tert-OH is 2. The molecule has 0 aliphatic carbocycles. The van der Waals surface area contributed by atoms with Crippen molar-refractivity contribution in [1.29, 1.82) is 0 Å². The molecule has 4 N–H and O–H groups in total. The molecule has 0 heterocycles. The van der Waals surface area contributed by atoms with Crippen LogP contribution in [0.25, 0.3) is 0 Å². The van der Waals surface area contributed by atoms with Gasteiger partial charge >= 0.3 is 0 Å². The zero-order valence-corrected chi connectivity index (χ0v) is 10.6. The van der Waals surface area contributed by atoms with E-state index in [0.29, 0.717) is 5.56 Å². The van der Waals surface area contributed by atoms with Gasteiger partial charge in [-0.05, 0) is 11.1 Å². The Morgan fingerprint density at radius 3 is 2.39 bits per heavy atom. The number of sulfone groups is 1. The van der Waals surface area contributed by atoms with Gasteiger partial charge in [-0.25, -0.2) is 8.42 Å². The number of carbonyl (C=O) groups is 1. The molecular formula is C11H15NO5S. The molecule has 0 aliphatic rings. The van der Waals surface area contributed by atoms with Crippen LogP contribution in [-0.4, -0.2) is 36.9 Å². The van der Waals surface area contributed by atoms with Gasteiger partial charge in [0.25, 0.3) is 0 Å². The summed E-state index contributed by atoms with van der Waals surface area (Å²) in [5.74, 6) is -1.36. The fraction of sp³-hybridized carbons (Fsp3) is 0.364. The van der Waals surface area contributed by atoms with Crippen molar-refractivity contribution >= 4 is 15.7 Å². The largest absolute Gasteiger partial charge is 0.385 e. The van der Waals surface area contributed by atoms with E-state index in [2.05, 4.69) is 0 Å². The summed E-state index contributed by atoms with van der Waals surface area (Å²) in [5, 5.41) is 19.2. The summed E-state index contributed by atoms with van der Waals surface area (Å²) in [7, 11) is -3.29. The highest BCUT2D eigenvalue weighted by Crippen LogP contribution is 2.22. The van der Waals surface area contributed by atoms with Gasteiger partial charge in [-0.1, -0.05) is 24.3 Å². The summed E-state index contributed by atoms with van der Waals surface area (Å²) >= 11 is 0. The van der Waals surface area contributed by atoms with E-state index in [1.807, 2.05) is 0 Å². The van der Waals surface area contributed by atoms with Gasteiger partial charge in [0.1, 0.15) is 6.10 Å². The van der Waals surface area contributed by atoms with Gasteiger partial charge in [0.15, 0.2) is 15.9 Å². The third-order valence-corrected chi connectivity index (χ3v) is 3.22. The predicted octanol–water partition coefficient (Wildman–Crippen LogP) is -0.889. The minimum absolute atomic E-state index is 0.175. The molecule has 1 rings (SSSR count). The van der Waals surface area contributed by atoms with E-state index >= 15 is 0 Å². The smallest absolute Gasteiger partial charge is 0.249 e. The quantitative estimate of drug-likeness (QED) is 0.643. The monoisotopic (exact) mass is 273 g/mol. The SMILES string of the molecule is CS(=O)(=O)Cc1ccccc1C(O)C(O)C(N)=O. The standard InChI is InChI=1S/C11H15NO5S/c1-18(16,17)6-7-4-2-3-5-8(7)9(13)10(14)11(12)15/h2-5,9-10,13-14H,6H2,1H3,(H2,12,15). The highest BCUT2D eigenvalue weighted by molar-refractivity contribution is 7.89. The fourth-order valence-corrected chi connectivity index (χ4v) is 2.39. The second-order valence-corrected chi connectivity index (χ2v) is 6.20. The maximum absolute atomic E-state index is 11.2. The first-order valence-electron chi connectivity index (χ1n) is 5.13. The lowest BCUT2D eigenvalue weighted by Gasteiger charge is -2.18. The average Bonchev–Trinajstić information content (AvgIpc) is 2.25. The second-order valence-electron chi connectivity index (χ2n) is 4.06. The lowest BCUT2D eigenvalue weighted by molar-refractivity contribution is -0.132. The molecule has 0 spiro atoms. The number of amides is 1. The normalized spacial score (nSPS) is 15.1. The third-order valence-electron chi connectivity index (χ3n) is 2.38. The molecule has 6 nitrogen and oxygen atoms in total. The Morgan fingerprint density at radius 2 is 1.89 bits per heavy atom. The van der Waals surface area contributed by atoms with E-state index in [0.717, 1.165) is 6.26 Å². The predicted molar refractivity (Wildman–Crippen MR) is 65.2 cm³/mol. The Labute approximate surface area is 105 Å². The lowest BCUT2D eigenvalue weighted by atomic mass is 9.99. The van der Waals surface area contributed by atoms with E-state index in [9.17, 15) is 23.4 Å². The molecule has 1 amide bonds. The Kier molecular flexibility index (Phi) is 4.44. The maximum atomic E-state index is 11.2. The van der Waals surface area contributed by atoms with Crippen molar-refractivity contribution in [3.05, 3.63) is 35.4 Å². The molecule has 0 bridgehead atoms. The number of hydrogen-bond donors (Lipinski definition) is 3. The summed E-state index contributed by atoms with van der Waals surface area (Å²) in [6.07, 6.45) is -2.26. The van der Waals surface area contributed by atoms with Crippen LogP contribution in [0.2, 0.25) is 0 Å². The van der Waals surface area contributed by atoms with Crippen molar-refractivity contribution in [2.45, 2.75) is 18.0 Å². The van der Waals surface area contributed by atoms with E-state index in [4.69, 9.17) is 5.73 Å². The number of primary amides is 1. The van der Waals surface area contributed by atoms with Crippen molar-refractivity contribution in [3.63, 3.8) is 0 Å². The molecule has 0 aromatic heterocycles. The van der Waals surface area contributed by atoms with Crippen LogP contribution in [0.15, 0.2) is 24.3 Å². The number of nitrogens with two attached hydrogens (primary N) is 1. The number of rotatable bonds is 5. The summed E-state index contributed by atoms with van der Waals surface area (Å²) in [4.78, 5) is 10.8. The Morgan fingerprint density at radius 1 is 1.33 bits per heavy atom. The molecule has 0 aliphatic heterocycles. The van der Waals surface area contributed by atoms with Crippen LogP contribution in [0.4, 0.5) is 0 Å². The van der Waals surface area contributed by atoms with Crippen molar-refractivity contribution < 1.29 is 23.4 Å². The first-order chi connectivity index (χ1) is 8.22. The number of benzene rings is 1. The van der Waals surface area contributed by atoms with Gasteiger partial charge in [-0.2, -0.15) is 0 Å². The van der Waals surface area contributed by atoms with E-state index in [-0.39, 0.29) is 11.3 Å². The summed E-state index contributed by atoms with van der Waals surface area (Å²) in [6, 6.07) is 6.12. The van der Waals surface area contributed by atoms with Crippen LogP contribution < -0.4 is 5.73 Å². The molecular weight excluding hydrogens is 258 g/mol. The number of hydrogen-bond acceptors (Lipinski definition) is 5. The Balaban J connectivity index is 3.13. The minimum atomic E-state index is -3.29. The Hall–Kier alpha value is -1.44. The van der Waals surface area contributed by atoms with Crippen LogP contribution in [-0.2, 0) is 20.4 Å². The molecule has 100 valence electrons. The van der Waals surface area contributed by atoms with Crippen molar-refractivity contribution in [2.75, 3.05) is 6.26 Å². The zero-order chi connectivity index (χ0) is 13.9. The molecule has 2 unspecified atom stereocenters. The molecule has 7 heteroatoms. The molecule has 1 aromatic rings. The van der Waals surface area contributed by atoms with Gasteiger partial charge in [-0.3, -0.25) is 4.79 Å². The van der Waals surface area contributed by atoms with Gasteiger partial charge in [0.05, 0.1) is 5.75 Å². The molecule has 0 radical (unpaired) electrons. The zero-order valence-electron chi connectivity index (χ0n) is 9.78. The second kappa shape index (κ2) is 5.47. The molecule has 0 fully saturated rings. The molecule has 0 saturated heterocycles. The van der Waals surface area contributed by atoms with Crippen molar-refractivity contribution in [3.8, 4) is 0 Å². The number of carbonyl (C=O) groups excluding carboxylic acids is 1. The van der Waals surface area contributed by atoms with Crippen molar-refractivity contribution in [2.24, 2.45) is 5.73 Å². The molecule has 18 heavy (non-hydrogen) atoms. The highest BCUT2D eigenvalue weighted by atomic mass is 32.2. The van der Waals surface area contributed by atoms with E-state index in [1.54, 1.807) is 12.1 Å². The fourth-order valence-electron chi connectivity index (χ4n) is 1.56. The Bertz CT molecular complexity index is 540. The first kappa shape index (κ1) is 14.6. The molecule has 0 saturated carbocycles. The summed E-state index contributed by atoms with van der Waals surface area (Å²) in [5.41, 5.74) is 5.39. The molecule has 2 atom stereocenters. The van der Waals surface area contributed by atoms with Crippen LogP contribution in [0.1, 0.15) is 17.2 Å². The number of aliphatic hydroxyl groups is 2. The van der Waals surface area contributed by atoms with E-state index < -0.39 is 28.0 Å². The van der Waals surface area contributed by atoms with E-state index in [1.165, 1.54) is 12.1 Å². The highest BCUT2D eigenvalue weighted by Gasteiger charge is 2.25. The average molecular weight is 273 g/mol. The van der Waals surface area contributed by atoms with Crippen LogP contribution in [0.3, 0.4) is 0 Å².